The number of amides is 2. The third-order valence-electron chi connectivity index (χ3n) is 3.27. The Morgan fingerprint density at radius 3 is 2.17 bits per heavy atom. The average Bonchev–Trinajstić information content (AvgIpc) is 2.85. The van der Waals surface area contributed by atoms with E-state index in [0.29, 0.717) is 24.1 Å². The van der Waals surface area contributed by atoms with Crippen LogP contribution in [0.25, 0.3) is 0 Å². The molecule has 0 saturated carbocycles. The summed E-state index contributed by atoms with van der Waals surface area (Å²) in [4.78, 5) is 25.3. The van der Waals surface area contributed by atoms with Crippen molar-refractivity contribution >= 4 is 17.5 Å². The summed E-state index contributed by atoms with van der Waals surface area (Å²) >= 11 is 0. The van der Waals surface area contributed by atoms with Gasteiger partial charge < -0.3 is 4.74 Å². The highest BCUT2D eigenvalue weighted by Gasteiger charge is 2.46. The van der Waals surface area contributed by atoms with Gasteiger partial charge in [0.1, 0.15) is 12.2 Å². The van der Waals surface area contributed by atoms with E-state index in [4.69, 9.17) is 10.00 Å². The maximum Gasteiger partial charge on any atom is 0.262 e. The van der Waals surface area contributed by atoms with Gasteiger partial charge in [0.15, 0.2) is 0 Å². The summed E-state index contributed by atoms with van der Waals surface area (Å²) in [5.74, 6) is -0.614. The summed E-state index contributed by atoms with van der Waals surface area (Å²) in [6.45, 7) is 0. The van der Waals surface area contributed by atoms with Crippen LogP contribution in [0.1, 0.15) is 18.4 Å². The Balaban J connectivity index is 1.97. The van der Waals surface area contributed by atoms with Crippen LogP contribution in [0.4, 0.5) is 5.69 Å². The number of ether oxygens (including phenoxy) is 1. The van der Waals surface area contributed by atoms with Crippen molar-refractivity contribution in [1.82, 2.24) is 0 Å². The van der Waals surface area contributed by atoms with E-state index in [1.807, 2.05) is 6.07 Å². The number of imide groups is 1. The largest absolute Gasteiger partial charge is 0.355 e. The second-order valence-electron chi connectivity index (χ2n) is 4.36. The Kier molecular flexibility index (Phi) is 2.39. The molecule has 0 spiro atoms. The van der Waals surface area contributed by atoms with Crippen molar-refractivity contribution in [3.63, 3.8) is 0 Å². The number of hydrogen-bond acceptors (Lipinski definition) is 4. The lowest BCUT2D eigenvalue weighted by Crippen LogP contribution is -2.52. The standard InChI is InChI=1S/C13H10N2O3/c14-7-8-1-3-9(4-2-8)15-12(16)10-5-6-11(18-10)13(15)17/h1-4,10-11H,5-6H2. The van der Waals surface area contributed by atoms with E-state index < -0.39 is 12.2 Å². The van der Waals surface area contributed by atoms with Crippen LogP contribution in [-0.2, 0) is 14.3 Å². The predicted molar refractivity (Wildman–Crippen MR) is 61.5 cm³/mol. The molecule has 2 aliphatic rings. The molecule has 0 radical (unpaired) electrons. The van der Waals surface area contributed by atoms with E-state index in [0.717, 1.165) is 0 Å². The maximum absolute atomic E-state index is 12.1. The number of fused-ring (bicyclic) bond motifs is 2. The Hall–Kier alpha value is -2.19. The molecule has 5 heteroatoms. The molecule has 2 unspecified atom stereocenters. The average molecular weight is 242 g/mol. The molecule has 0 N–H and O–H groups in total. The second-order valence-corrected chi connectivity index (χ2v) is 4.36. The van der Waals surface area contributed by atoms with Gasteiger partial charge in [0.05, 0.1) is 17.3 Å². The molecule has 2 fully saturated rings. The summed E-state index contributed by atoms with van der Waals surface area (Å²) in [6, 6.07) is 8.40. The Morgan fingerprint density at radius 1 is 1.11 bits per heavy atom. The molecule has 1 aromatic rings. The van der Waals surface area contributed by atoms with Crippen molar-refractivity contribution in [2.45, 2.75) is 25.0 Å². The molecule has 2 heterocycles. The first-order chi connectivity index (χ1) is 8.70. The smallest absolute Gasteiger partial charge is 0.262 e. The molecule has 0 aliphatic carbocycles. The zero-order chi connectivity index (χ0) is 12.7. The van der Waals surface area contributed by atoms with Gasteiger partial charge in [0.25, 0.3) is 11.8 Å². The number of rotatable bonds is 1. The fourth-order valence-corrected chi connectivity index (χ4v) is 2.34. The van der Waals surface area contributed by atoms with Crippen LogP contribution in [0.15, 0.2) is 24.3 Å². The minimum absolute atomic E-state index is 0.307. The molecule has 2 aliphatic heterocycles. The van der Waals surface area contributed by atoms with E-state index in [2.05, 4.69) is 0 Å². The first kappa shape index (κ1) is 10.9. The summed E-state index contributed by atoms with van der Waals surface area (Å²) < 4.78 is 5.33. The summed E-state index contributed by atoms with van der Waals surface area (Å²) in [6.07, 6.45) is 0.205. The minimum Gasteiger partial charge on any atom is -0.355 e. The monoisotopic (exact) mass is 242 g/mol. The van der Waals surface area contributed by atoms with Crippen molar-refractivity contribution in [3.8, 4) is 6.07 Å². The van der Waals surface area contributed by atoms with Crippen LogP contribution >= 0.6 is 0 Å². The molecule has 0 aromatic heterocycles. The molecule has 2 saturated heterocycles. The molecular weight excluding hydrogens is 232 g/mol. The SMILES string of the molecule is N#Cc1ccc(N2C(=O)C3CCC(O3)C2=O)cc1. The van der Waals surface area contributed by atoms with Crippen molar-refractivity contribution in [1.29, 1.82) is 5.26 Å². The van der Waals surface area contributed by atoms with E-state index in [1.54, 1.807) is 24.3 Å². The van der Waals surface area contributed by atoms with Crippen molar-refractivity contribution in [2.24, 2.45) is 0 Å². The summed E-state index contributed by atoms with van der Waals surface area (Å²) in [5.41, 5.74) is 0.999. The fourth-order valence-electron chi connectivity index (χ4n) is 2.34. The highest BCUT2D eigenvalue weighted by Crippen LogP contribution is 2.31. The molecule has 1 aromatic carbocycles. The molecular formula is C13H10N2O3. The first-order valence-electron chi connectivity index (χ1n) is 5.74. The second kappa shape index (κ2) is 3.93. The Bertz CT molecular complexity index is 537. The van der Waals surface area contributed by atoms with Gasteiger partial charge in [-0.05, 0) is 37.1 Å². The van der Waals surface area contributed by atoms with E-state index in [-0.39, 0.29) is 11.8 Å². The van der Waals surface area contributed by atoms with Gasteiger partial charge in [-0.1, -0.05) is 0 Å². The van der Waals surface area contributed by atoms with Crippen molar-refractivity contribution < 1.29 is 14.3 Å². The number of nitrogens with zero attached hydrogens (tertiary/aromatic N) is 2. The molecule has 2 bridgehead atoms. The van der Waals surface area contributed by atoms with Crippen LogP contribution in [0, 0.1) is 11.3 Å². The van der Waals surface area contributed by atoms with Gasteiger partial charge in [-0.2, -0.15) is 5.26 Å². The number of morpholine rings is 1. The molecule has 2 atom stereocenters. The number of benzene rings is 1. The summed E-state index contributed by atoms with van der Waals surface area (Å²) in [7, 11) is 0. The van der Waals surface area contributed by atoms with Crippen LogP contribution in [-0.4, -0.2) is 24.0 Å². The van der Waals surface area contributed by atoms with Crippen LogP contribution in [0.3, 0.4) is 0 Å². The quantitative estimate of drug-likeness (QED) is 0.688. The highest BCUT2D eigenvalue weighted by molar-refractivity contribution is 6.19. The number of hydrogen-bond donors (Lipinski definition) is 0. The Morgan fingerprint density at radius 2 is 1.67 bits per heavy atom. The third kappa shape index (κ3) is 1.50. The van der Waals surface area contributed by atoms with E-state index in [1.165, 1.54) is 4.90 Å². The van der Waals surface area contributed by atoms with E-state index in [9.17, 15) is 9.59 Å². The van der Waals surface area contributed by atoms with Crippen molar-refractivity contribution in [3.05, 3.63) is 29.8 Å². The number of carbonyl (C=O) groups is 2. The normalized spacial score (nSPS) is 26.3. The van der Waals surface area contributed by atoms with Gasteiger partial charge in [0.2, 0.25) is 0 Å². The zero-order valence-corrected chi connectivity index (χ0v) is 9.50. The third-order valence-corrected chi connectivity index (χ3v) is 3.27. The lowest BCUT2D eigenvalue weighted by molar-refractivity contribution is -0.146. The van der Waals surface area contributed by atoms with Crippen LogP contribution in [0.2, 0.25) is 0 Å². The van der Waals surface area contributed by atoms with Crippen LogP contribution in [0.5, 0.6) is 0 Å². The topological polar surface area (TPSA) is 70.4 Å². The van der Waals surface area contributed by atoms with Gasteiger partial charge >= 0.3 is 0 Å². The summed E-state index contributed by atoms with van der Waals surface area (Å²) in [5, 5.41) is 8.72. The van der Waals surface area contributed by atoms with Gasteiger partial charge in [-0.3, -0.25) is 9.59 Å². The van der Waals surface area contributed by atoms with Gasteiger partial charge in [-0.25, -0.2) is 4.90 Å². The first-order valence-corrected chi connectivity index (χ1v) is 5.74. The zero-order valence-electron chi connectivity index (χ0n) is 9.50. The van der Waals surface area contributed by atoms with Gasteiger partial charge in [0, 0.05) is 0 Å². The maximum atomic E-state index is 12.1. The Labute approximate surface area is 104 Å². The predicted octanol–water partition coefficient (Wildman–Crippen LogP) is 0.979. The van der Waals surface area contributed by atoms with Crippen LogP contribution < -0.4 is 4.90 Å². The van der Waals surface area contributed by atoms with Crippen molar-refractivity contribution in [2.75, 3.05) is 4.90 Å². The minimum atomic E-state index is -0.497. The number of anilines is 1. The molecule has 5 nitrogen and oxygen atoms in total. The molecule has 18 heavy (non-hydrogen) atoms. The lowest BCUT2D eigenvalue weighted by Gasteiger charge is -2.29. The highest BCUT2D eigenvalue weighted by atomic mass is 16.5. The van der Waals surface area contributed by atoms with Gasteiger partial charge in [-0.15, -0.1) is 0 Å². The molecule has 3 rings (SSSR count). The number of carbonyl (C=O) groups excluding carboxylic acids is 2. The molecule has 90 valence electrons. The lowest BCUT2D eigenvalue weighted by atomic mass is 10.2. The fraction of sp³-hybridized carbons (Fsp3) is 0.308. The van der Waals surface area contributed by atoms with E-state index >= 15 is 0 Å². The molecule has 2 amide bonds. The number of nitriles is 1.